The fourth-order valence-corrected chi connectivity index (χ4v) is 3.64. The van der Waals surface area contributed by atoms with E-state index < -0.39 is 0 Å². The van der Waals surface area contributed by atoms with Crippen molar-refractivity contribution in [2.75, 3.05) is 6.61 Å². The van der Waals surface area contributed by atoms with Crippen molar-refractivity contribution in [2.24, 2.45) is 5.92 Å². The topological polar surface area (TPSA) is 38.8 Å². The van der Waals surface area contributed by atoms with Gasteiger partial charge in [-0.25, -0.2) is 0 Å². The molecular weight excluding hydrogens is 242 g/mol. The van der Waals surface area contributed by atoms with Gasteiger partial charge in [-0.05, 0) is 18.4 Å². The van der Waals surface area contributed by atoms with Crippen LogP contribution in [0.5, 0.6) is 0 Å². The predicted octanol–water partition coefficient (Wildman–Crippen LogP) is 2.07. The quantitative estimate of drug-likeness (QED) is 0.724. The molecule has 100 valence electrons. The number of morpholine rings is 1. The Balaban J connectivity index is 1.67. The number of rotatable bonds is 1. The highest BCUT2D eigenvalue weighted by molar-refractivity contribution is 5.77. The summed E-state index contributed by atoms with van der Waals surface area (Å²) in [5.41, 5.74) is 1.15. The van der Waals surface area contributed by atoms with E-state index in [0.29, 0.717) is 12.5 Å². The zero-order valence-corrected chi connectivity index (χ0v) is 10.7. The van der Waals surface area contributed by atoms with Gasteiger partial charge in [-0.1, -0.05) is 36.8 Å². The monoisotopic (exact) mass is 259 g/mol. The van der Waals surface area contributed by atoms with Crippen LogP contribution in [0.4, 0.5) is 0 Å². The zero-order valence-electron chi connectivity index (χ0n) is 10.7. The second-order valence-electron chi connectivity index (χ2n) is 5.60. The lowest BCUT2D eigenvalue weighted by atomic mass is 9.94. The second-order valence-corrected chi connectivity index (χ2v) is 5.60. The van der Waals surface area contributed by atoms with Crippen LogP contribution in [0.15, 0.2) is 30.3 Å². The SMILES string of the molecule is O=C1OC[C@H](c2ccccc2)N2O[C@@H]3CCC[C@@H]3[C@@H]12. The molecule has 0 amide bonds. The molecule has 2 saturated heterocycles. The summed E-state index contributed by atoms with van der Waals surface area (Å²) < 4.78 is 5.41. The molecule has 3 fully saturated rings. The van der Waals surface area contributed by atoms with Crippen LogP contribution >= 0.6 is 0 Å². The van der Waals surface area contributed by atoms with E-state index in [0.717, 1.165) is 24.8 Å². The Hall–Kier alpha value is -1.39. The lowest BCUT2D eigenvalue weighted by Gasteiger charge is -2.36. The van der Waals surface area contributed by atoms with Gasteiger partial charge in [-0.3, -0.25) is 9.63 Å². The highest BCUT2D eigenvalue weighted by atomic mass is 16.7. The maximum atomic E-state index is 12.1. The minimum absolute atomic E-state index is 0.0366. The fraction of sp³-hybridized carbons (Fsp3) is 0.533. The van der Waals surface area contributed by atoms with E-state index in [-0.39, 0.29) is 24.2 Å². The number of cyclic esters (lactones) is 1. The molecule has 0 N–H and O–H groups in total. The van der Waals surface area contributed by atoms with E-state index in [4.69, 9.17) is 9.57 Å². The van der Waals surface area contributed by atoms with Gasteiger partial charge in [0.25, 0.3) is 0 Å². The summed E-state index contributed by atoms with van der Waals surface area (Å²) in [4.78, 5) is 18.1. The Labute approximate surface area is 112 Å². The predicted molar refractivity (Wildman–Crippen MR) is 68.0 cm³/mol. The van der Waals surface area contributed by atoms with Gasteiger partial charge in [-0.15, -0.1) is 0 Å². The third-order valence-electron chi connectivity index (χ3n) is 4.56. The van der Waals surface area contributed by atoms with E-state index >= 15 is 0 Å². The number of carbonyl (C=O) groups is 1. The summed E-state index contributed by atoms with van der Waals surface area (Å²) in [5.74, 6) is 0.209. The summed E-state index contributed by atoms with van der Waals surface area (Å²) in [7, 11) is 0. The highest BCUT2D eigenvalue weighted by Gasteiger charge is 2.54. The molecule has 3 aliphatic rings. The fourth-order valence-electron chi connectivity index (χ4n) is 3.64. The molecule has 2 aliphatic heterocycles. The minimum Gasteiger partial charge on any atom is -0.462 e. The van der Waals surface area contributed by atoms with Crippen LogP contribution in [-0.4, -0.2) is 29.8 Å². The molecular formula is C15H17NO3. The zero-order chi connectivity index (χ0) is 12.8. The van der Waals surface area contributed by atoms with Gasteiger partial charge >= 0.3 is 5.97 Å². The van der Waals surface area contributed by atoms with Crippen molar-refractivity contribution in [3.63, 3.8) is 0 Å². The van der Waals surface area contributed by atoms with Crippen LogP contribution in [0.2, 0.25) is 0 Å². The average molecular weight is 259 g/mol. The third-order valence-corrected chi connectivity index (χ3v) is 4.56. The van der Waals surface area contributed by atoms with Gasteiger partial charge in [0.05, 0.1) is 12.1 Å². The summed E-state index contributed by atoms with van der Waals surface area (Å²) >= 11 is 0. The first kappa shape index (κ1) is 11.4. The van der Waals surface area contributed by atoms with Crippen molar-refractivity contribution in [1.82, 2.24) is 5.06 Å². The number of nitrogens with zero attached hydrogens (tertiary/aromatic N) is 1. The molecule has 0 radical (unpaired) electrons. The summed E-state index contributed by atoms with van der Waals surface area (Å²) in [5, 5.41) is 1.91. The molecule has 19 heavy (non-hydrogen) atoms. The van der Waals surface area contributed by atoms with Crippen molar-refractivity contribution in [2.45, 2.75) is 37.5 Å². The summed E-state index contributed by atoms with van der Waals surface area (Å²) in [6, 6.07) is 9.99. The molecule has 4 atom stereocenters. The molecule has 1 aromatic rings. The van der Waals surface area contributed by atoms with Crippen molar-refractivity contribution in [3.8, 4) is 0 Å². The van der Waals surface area contributed by atoms with Gasteiger partial charge in [-0.2, -0.15) is 5.06 Å². The van der Waals surface area contributed by atoms with Gasteiger partial charge in [0.1, 0.15) is 12.6 Å². The Bertz CT molecular complexity index is 489. The molecule has 1 saturated carbocycles. The number of carbonyl (C=O) groups excluding carboxylic acids is 1. The van der Waals surface area contributed by atoms with E-state index in [2.05, 4.69) is 12.1 Å². The first-order valence-electron chi connectivity index (χ1n) is 7.01. The Morgan fingerprint density at radius 3 is 2.84 bits per heavy atom. The molecule has 0 spiro atoms. The van der Waals surface area contributed by atoms with Crippen LogP contribution in [0.3, 0.4) is 0 Å². The molecule has 0 unspecified atom stereocenters. The maximum Gasteiger partial charge on any atom is 0.326 e. The van der Waals surface area contributed by atoms with E-state index in [1.807, 2.05) is 23.3 Å². The maximum absolute atomic E-state index is 12.1. The average Bonchev–Trinajstić information content (AvgIpc) is 3.00. The smallest absolute Gasteiger partial charge is 0.326 e. The molecule has 2 heterocycles. The number of ether oxygens (including phenoxy) is 1. The summed E-state index contributed by atoms with van der Waals surface area (Å²) in [6.45, 7) is 0.388. The van der Waals surface area contributed by atoms with Crippen molar-refractivity contribution < 1.29 is 14.4 Å². The summed E-state index contributed by atoms with van der Waals surface area (Å²) in [6.07, 6.45) is 3.50. The van der Waals surface area contributed by atoms with Gasteiger partial charge < -0.3 is 4.74 Å². The van der Waals surface area contributed by atoms with Crippen molar-refractivity contribution >= 4 is 5.97 Å². The molecule has 1 aromatic carbocycles. The largest absolute Gasteiger partial charge is 0.462 e. The first-order valence-corrected chi connectivity index (χ1v) is 7.01. The molecule has 1 aliphatic carbocycles. The number of hydrogen-bond donors (Lipinski definition) is 0. The van der Waals surface area contributed by atoms with Crippen LogP contribution < -0.4 is 0 Å². The molecule has 4 nitrogen and oxygen atoms in total. The number of hydroxylamine groups is 2. The van der Waals surface area contributed by atoms with Crippen molar-refractivity contribution in [1.29, 1.82) is 0 Å². The van der Waals surface area contributed by atoms with Crippen LogP contribution in [-0.2, 0) is 14.4 Å². The standard InChI is InChI=1S/C15H17NO3/c17-15-14-11-7-4-8-13(11)19-16(14)12(9-18-15)10-5-2-1-3-6-10/h1-3,5-6,11-14H,4,7-9H2/t11-,12+,13+,14-/m0/s1. The second kappa shape index (κ2) is 4.32. The van der Waals surface area contributed by atoms with Gasteiger partial charge in [0, 0.05) is 5.92 Å². The Morgan fingerprint density at radius 2 is 2.00 bits per heavy atom. The van der Waals surface area contributed by atoms with Gasteiger partial charge in [0.15, 0.2) is 0 Å². The molecule has 4 rings (SSSR count). The van der Waals surface area contributed by atoms with Crippen molar-refractivity contribution in [3.05, 3.63) is 35.9 Å². The number of esters is 1. The van der Waals surface area contributed by atoms with Gasteiger partial charge in [0.2, 0.25) is 0 Å². The number of fused-ring (bicyclic) bond motifs is 3. The number of hydrogen-bond acceptors (Lipinski definition) is 4. The van der Waals surface area contributed by atoms with E-state index in [1.54, 1.807) is 0 Å². The normalized spacial score (nSPS) is 37.8. The van der Waals surface area contributed by atoms with Crippen LogP contribution in [0, 0.1) is 5.92 Å². The molecule has 4 heteroatoms. The molecule has 0 aromatic heterocycles. The first-order chi connectivity index (χ1) is 9.34. The van der Waals surface area contributed by atoms with Crippen LogP contribution in [0.25, 0.3) is 0 Å². The van der Waals surface area contributed by atoms with Crippen LogP contribution in [0.1, 0.15) is 30.9 Å². The lowest BCUT2D eigenvalue weighted by molar-refractivity contribution is -0.228. The molecule has 0 bridgehead atoms. The minimum atomic E-state index is -0.202. The lowest BCUT2D eigenvalue weighted by Crippen LogP contribution is -2.48. The Morgan fingerprint density at radius 1 is 1.16 bits per heavy atom. The number of benzene rings is 1. The third kappa shape index (κ3) is 1.70. The van der Waals surface area contributed by atoms with E-state index in [1.165, 1.54) is 0 Å². The Kier molecular flexibility index (Phi) is 2.60. The highest BCUT2D eigenvalue weighted by Crippen LogP contribution is 2.45. The van der Waals surface area contributed by atoms with E-state index in [9.17, 15) is 4.79 Å².